The van der Waals surface area contributed by atoms with Crippen molar-refractivity contribution in [3.05, 3.63) is 65.3 Å². The summed E-state index contributed by atoms with van der Waals surface area (Å²) in [6.45, 7) is 0. The van der Waals surface area contributed by atoms with Crippen LogP contribution >= 0.6 is 11.6 Å². The van der Waals surface area contributed by atoms with E-state index in [1.165, 1.54) is 6.07 Å². The van der Waals surface area contributed by atoms with Crippen LogP contribution in [0.4, 0.5) is 29.3 Å². The maximum atomic E-state index is 13.0. The summed E-state index contributed by atoms with van der Waals surface area (Å²) in [7, 11) is 0. The number of hydrogen-bond donors (Lipinski definition) is 2. The van der Waals surface area contributed by atoms with Crippen LogP contribution in [0.1, 0.15) is 5.69 Å². The van der Waals surface area contributed by atoms with Gasteiger partial charge in [0, 0.05) is 16.1 Å². The molecule has 0 aliphatic carbocycles. The number of anilines is 2. The molecule has 2 amide bonds. The predicted molar refractivity (Wildman–Crippen MR) is 90.8 cm³/mol. The monoisotopic (exact) mass is 365 g/mol. The Labute approximate surface area is 145 Å². The molecule has 3 aromatic rings. The molecule has 0 radical (unpaired) electrons. The van der Waals surface area contributed by atoms with E-state index >= 15 is 0 Å². The molecule has 0 bridgehead atoms. The number of aromatic nitrogens is 1. The summed E-state index contributed by atoms with van der Waals surface area (Å²) in [5, 5.41) is 5.87. The zero-order chi connectivity index (χ0) is 18.0. The second kappa shape index (κ2) is 6.60. The number of urea groups is 1. The standard InChI is InChI=1S/C17H11ClF3N3O/c18-10-5-7-11(8-6-10)22-16(25)24-14-9-15(17(19,20)21)23-13-4-2-1-3-12(13)14/h1-9H,(H2,22,23,24,25). The van der Waals surface area contributed by atoms with Crippen molar-refractivity contribution in [3.63, 3.8) is 0 Å². The largest absolute Gasteiger partial charge is 0.433 e. The van der Waals surface area contributed by atoms with E-state index in [1.54, 1.807) is 42.5 Å². The molecule has 0 atom stereocenters. The molecule has 0 aliphatic rings. The van der Waals surface area contributed by atoms with Gasteiger partial charge in [0.1, 0.15) is 5.69 Å². The Kier molecular flexibility index (Phi) is 4.50. The van der Waals surface area contributed by atoms with Gasteiger partial charge < -0.3 is 10.6 Å². The third-order valence-electron chi connectivity index (χ3n) is 3.36. The first-order valence-electron chi connectivity index (χ1n) is 7.13. The van der Waals surface area contributed by atoms with Crippen LogP contribution in [0.2, 0.25) is 5.02 Å². The molecule has 3 rings (SSSR count). The number of hydrogen-bond acceptors (Lipinski definition) is 2. The van der Waals surface area contributed by atoms with Crippen molar-refractivity contribution < 1.29 is 18.0 Å². The quantitative estimate of drug-likeness (QED) is 0.625. The fraction of sp³-hybridized carbons (Fsp3) is 0.0588. The second-order valence-electron chi connectivity index (χ2n) is 5.16. The fourth-order valence-electron chi connectivity index (χ4n) is 2.24. The van der Waals surface area contributed by atoms with Gasteiger partial charge in [-0.2, -0.15) is 13.2 Å². The van der Waals surface area contributed by atoms with E-state index in [1.807, 2.05) is 0 Å². The highest BCUT2D eigenvalue weighted by atomic mass is 35.5. The number of alkyl halides is 3. The number of rotatable bonds is 2. The lowest BCUT2D eigenvalue weighted by Crippen LogP contribution is -2.20. The van der Waals surface area contributed by atoms with Crippen molar-refractivity contribution >= 4 is 39.9 Å². The summed E-state index contributed by atoms with van der Waals surface area (Å²) in [6, 6.07) is 12.7. The third-order valence-corrected chi connectivity index (χ3v) is 3.61. The molecule has 0 spiro atoms. The van der Waals surface area contributed by atoms with Crippen LogP contribution in [0.25, 0.3) is 10.9 Å². The third kappa shape index (κ3) is 4.00. The fourth-order valence-corrected chi connectivity index (χ4v) is 2.37. The Hall–Kier alpha value is -2.80. The van der Waals surface area contributed by atoms with Crippen molar-refractivity contribution in [3.8, 4) is 0 Å². The molecule has 1 heterocycles. The lowest BCUT2D eigenvalue weighted by atomic mass is 10.1. The highest BCUT2D eigenvalue weighted by Crippen LogP contribution is 2.33. The van der Waals surface area contributed by atoms with E-state index in [0.717, 1.165) is 6.07 Å². The summed E-state index contributed by atoms with van der Waals surface area (Å²) in [6.07, 6.45) is -4.62. The van der Waals surface area contributed by atoms with Crippen LogP contribution in [0.5, 0.6) is 0 Å². The van der Waals surface area contributed by atoms with Crippen molar-refractivity contribution in [2.24, 2.45) is 0 Å². The summed E-state index contributed by atoms with van der Waals surface area (Å²) >= 11 is 5.76. The molecule has 0 saturated heterocycles. The van der Waals surface area contributed by atoms with Crippen molar-refractivity contribution in [2.45, 2.75) is 6.18 Å². The summed E-state index contributed by atoms with van der Waals surface area (Å²) < 4.78 is 39.0. The van der Waals surface area contributed by atoms with Crippen molar-refractivity contribution in [2.75, 3.05) is 10.6 Å². The maximum absolute atomic E-state index is 13.0. The molecule has 2 N–H and O–H groups in total. The number of para-hydroxylation sites is 1. The molecule has 8 heteroatoms. The molecule has 0 unspecified atom stereocenters. The van der Waals surface area contributed by atoms with Gasteiger partial charge in [0.05, 0.1) is 11.2 Å². The first-order chi connectivity index (χ1) is 11.8. The molecular formula is C17H11ClF3N3O. The van der Waals surface area contributed by atoms with Crippen molar-refractivity contribution in [1.29, 1.82) is 0 Å². The molecule has 0 aliphatic heterocycles. The Morgan fingerprint density at radius 3 is 2.36 bits per heavy atom. The number of nitrogens with zero attached hydrogens (tertiary/aromatic N) is 1. The minimum absolute atomic E-state index is 0.0180. The van der Waals surface area contributed by atoms with Gasteiger partial charge >= 0.3 is 12.2 Å². The zero-order valence-electron chi connectivity index (χ0n) is 12.6. The number of nitrogens with one attached hydrogen (secondary N) is 2. The van der Waals surface area contributed by atoms with Crippen LogP contribution in [0.15, 0.2) is 54.6 Å². The maximum Gasteiger partial charge on any atom is 0.433 e. The van der Waals surface area contributed by atoms with Crippen LogP contribution in [-0.2, 0) is 6.18 Å². The molecule has 1 aromatic heterocycles. The van der Waals surface area contributed by atoms with E-state index in [0.29, 0.717) is 16.1 Å². The highest BCUT2D eigenvalue weighted by Gasteiger charge is 2.33. The smallest absolute Gasteiger partial charge is 0.308 e. The Balaban J connectivity index is 1.91. The molecule has 4 nitrogen and oxygen atoms in total. The first kappa shape index (κ1) is 17.0. The number of fused-ring (bicyclic) bond motifs is 1. The van der Waals surface area contributed by atoms with E-state index in [2.05, 4.69) is 15.6 Å². The summed E-state index contributed by atoms with van der Waals surface area (Å²) in [5.41, 5.74) is -0.465. The van der Waals surface area contributed by atoms with Gasteiger partial charge in [0.2, 0.25) is 0 Å². The number of benzene rings is 2. The van der Waals surface area contributed by atoms with Crippen LogP contribution < -0.4 is 10.6 Å². The SMILES string of the molecule is O=C(Nc1ccc(Cl)cc1)Nc1cc(C(F)(F)F)nc2ccccc12. The minimum Gasteiger partial charge on any atom is -0.308 e. The first-order valence-corrected chi connectivity index (χ1v) is 7.51. The number of pyridine rings is 1. The zero-order valence-corrected chi connectivity index (χ0v) is 13.3. The van der Waals surface area contributed by atoms with Crippen LogP contribution in [0, 0.1) is 0 Å². The van der Waals surface area contributed by atoms with Gasteiger partial charge in [-0.3, -0.25) is 0 Å². The topological polar surface area (TPSA) is 54.0 Å². The molecule has 2 aromatic carbocycles. The van der Waals surface area contributed by atoms with E-state index in [9.17, 15) is 18.0 Å². The lowest BCUT2D eigenvalue weighted by Gasteiger charge is -2.13. The minimum atomic E-state index is -4.62. The molecular weight excluding hydrogens is 355 g/mol. The lowest BCUT2D eigenvalue weighted by molar-refractivity contribution is -0.140. The molecule has 25 heavy (non-hydrogen) atoms. The van der Waals surface area contributed by atoms with Gasteiger partial charge in [0.15, 0.2) is 0 Å². The average molecular weight is 366 g/mol. The second-order valence-corrected chi connectivity index (χ2v) is 5.59. The van der Waals surface area contributed by atoms with Gasteiger partial charge in [-0.05, 0) is 36.4 Å². The van der Waals surface area contributed by atoms with E-state index < -0.39 is 17.9 Å². The summed E-state index contributed by atoms with van der Waals surface area (Å²) in [4.78, 5) is 15.7. The van der Waals surface area contributed by atoms with Crippen molar-refractivity contribution in [1.82, 2.24) is 4.98 Å². The van der Waals surface area contributed by atoms with Gasteiger partial charge in [0.25, 0.3) is 0 Å². The number of halogens is 4. The van der Waals surface area contributed by atoms with Gasteiger partial charge in [-0.15, -0.1) is 0 Å². The average Bonchev–Trinajstić information content (AvgIpc) is 2.56. The summed E-state index contributed by atoms with van der Waals surface area (Å²) in [5.74, 6) is 0. The normalized spacial score (nSPS) is 11.4. The Morgan fingerprint density at radius 2 is 1.68 bits per heavy atom. The molecule has 0 saturated carbocycles. The van der Waals surface area contributed by atoms with Gasteiger partial charge in [-0.1, -0.05) is 29.8 Å². The highest BCUT2D eigenvalue weighted by molar-refractivity contribution is 6.30. The Morgan fingerprint density at radius 1 is 1.00 bits per heavy atom. The predicted octanol–water partition coefficient (Wildman–Crippen LogP) is 5.55. The van der Waals surface area contributed by atoms with E-state index in [4.69, 9.17) is 11.6 Å². The van der Waals surface area contributed by atoms with E-state index in [-0.39, 0.29) is 11.2 Å². The number of carbonyl (C=O) groups excluding carboxylic acids is 1. The molecule has 128 valence electrons. The van der Waals surface area contributed by atoms with Crippen LogP contribution in [-0.4, -0.2) is 11.0 Å². The van der Waals surface area contributed by atoms with Crippen LogP contribution in [0.3, 0.4) is 0 Å². The number of carbonyl (C=O) groups is 1. The van der Waals surface area contributed by atoms with Gasteiger partial charge in [-0.25, -0.2) is 9.78 Å². The Bertz CT molecular complexity index is 927. The molecule has 0 fully saturated rings. The number of amides is 2.